The van der Waals surface area contributed by atoms with Crippen molar-refractivity contribution in [2.24, 2.45) is 0 Å². The van der Waals surface area contributed by atoms with Gasteiger partial charge in [-0.15, -0.1) is 0 Å². The summed E-state index contributed by atoms with van der Waals surface area (Å²) in [5, 5.41) is 11.2. The molecule has 0 spiro atoms. The van der Waals surface area contributed by atoms with Crippen LogP contribution in [0.4, 0.5) is 5.69 Å². The van der Waals surface area contributed by atoms with Gasteiger partial charge in [0, 0.05) is 24.5 Å². The van der Waals surface area contributed by atoms with Crippen LogP contribution in [0.5, 0.6) is 5.75 Å². The van der Waals surface area contributed by atoms with Crippen LogP contribution in [0, 0.1) is 11.3 Å². The van der Waals surface area contributed by atoms with Crippen LogP contribution in [0.2, 0.25) is 10.0 Å². The second-order valence-corrected chi connectivity index (χ2v) is 6.19. The predicted molar refractivity (Wildman–Crippen MR) is 97.0 cm³/mol. The molecule has 6 nitrogen and oxygen atoms in total. The monoisotopic (exact) mass is 378 g/mol. The van der Waals surface area contributed by atoms with Crippen molar-refractivity contribution < 1.29 is 9.53 Å². The van der Waals surface area contributed by atoms with E-state index in [0.717, 1.165) is 0 Å². The summed E-state index contributed by atoms with van der Waals surface area (Å²) in [5.41, 5.74) is 3.76. The van der Waals surface area contributed by atoms with E-state index in [1.165, 1.54) is 19.5 Å². The molecule has 1 aromatic heterocycles. The number of anilines is 1. The third-order valence-electron chi connectivity index (χ3n) is 3.40. The lowest BCUT2D eigenvalue weighted by molar-refractivity contribution is 0.0945. The molecule has 0 aliphatic carbocycles. The summed E-state index contributed by atoms with van der Waals surface area (Å²) >= 11 is 12.1. The van der Waals surface area contributed by atoms with Crippen molar-refractivity contribution in [1.82, 2.24) is 10.4 Å². The number of hydrogen-bond donors (Lipinski definition) is 1. The van der Waals surface area contributed by atoms with Crippen molar-refractivity contribution in [2.75, 3.05) is 12.1 Å². The molecule has 1 amide bonds. The zero-order chi connectivity index (χ0) is 18.6. The lowest BCUT2D eigenvalue weighted by Crippen LogP contribution is -2.47. The average Bonchev–Trinajstić information content (AvgIpc) is 2.58. The van der Waals surface area contributed by atoms with Gasteiger partial charge in [-0.25, -0.2) is 0 Å². The Labute approximate surface area is 155 Å². The second-order valence-electron chi connectivity index (χ2n) is 5.38. The molecule has 0 bridgehead atoms. The minimum absolute atomic E-state index is 0.116. The lowest BCUT2D eigenvalue weighted by Gasteiger charge is -2.30. The number of carbonyl (C=O) groups is 1. The number of nitrogens with zero attached hydrogens (tertiary/aromatic N) is 3. The first-order chi connectivity index (χ1) is 11.9. The number of methoxy groups -OCH3 is 1. The molecule has 0 aliphatic rings. The van der Waals surface area contributed by atoms with Crippen LogP contribution < -0.4 is 15.2 Å². The second kappa shape index (κ2) is 8.06. The van der Waals surface area contributed by atoms with Gasteiger partial charge in [0.1, 0.15) is 11.8 Å². The van der Waals surface area contributed by atoms with E-state index >= 15 is 0 Å². The summed E-state index contributed by atoms with van der Waals surface area (Å²) in [7, 11) is 1.53. The number of hydrazine groups is 1. The van der Waals surface area contributed by atoms with Crippen LogP contribution in [0.15, 0.2) is 30.6 Å². The summed E-state index contributed by atoms with van der Waals surface area (Å²) < 4.78 is 5.21. The largest absolute Gasteiger partial charge is 0.497 e. The van der Waals surface area contributed by atoms with Gasteiger partial charge in [0.15, 0.2) is 0 Å². The molecular formula is C17H16Cl2N4O2. The first kappa shape index (κ1) is 18.8. The SMILES string of the molecule is COc1ccc(C#N)c(N(NC(=O)c2c(Cl)cncc2Cl)C(C)C)c1. The van der Waals surface area contributed by atoms with E-state index in [1.807, 2.05) is 13.8 Å². The Morgan fingerprint density at radius 1 is 1.32 bits per heavy atom. The molecule has 1 aromatic carbocycles. The average molecular weight is 379 g/mol. The zero-order valence-corrected chi connectivity index (χ0v) is 15.4. The highest BCUT2D eigenvalue weighted by Gasteiger charge is 2.22. The number of nitrogens with one attached hydrogen (secondary N) is 1. The van der Waals surface area contributed by atoms with Crippen molar-refractivity contribution in [1.29, 1.82) is 5.26 Å². The van der Waals surface area contributed by atoms with Gasteiger partial charge in [0.25, 0.3) is 5.91 Å². The third kappa shape index (κ3) is 4.13. The maximum Gasteiger partial charge on any atom is 0.272 e. The third-order valence-corrected chi connectivity index (χ3v) is 3.98. The Hall–Kier alpha value is -2.49. The molecule has 0 fully saturated rings. The Morgan fingerprint density at radius 3 is 2.48 bits per heavy atom. The number of amides is 1. The Bertz CT molecular complexity index is 814. The van der Waals surface area contributed by atoms with E-state index in [2.05, 4.69) is 16.5 Å². The van der Waals surface area contributed by atoms with Crippen LogP contribution in [0.25, 0.3) is 0 Å². The van der Waals surface area contributed by atoms with E-state index in [0.29, 0.717) is 17.0 Å². The van der Waals surface area contributed by atoms with Crippen molar-refractivity contribution in [3.63, 3.8) is 0 Å². The van der Waals surface area contributed by atoms with E-state index < -0.39 is 5.91 Å². The predicted octanol–water partition coefficient (Wildman–Crippen LogP) is 3.83. The highest BCUT2D eigenvalue weighted by atomic mass is 35.5. The highest BCUT2D eigenvalue weighted by molar-refractivity contribution is 6.39. The summed E-state index contributed by atoms with van der Waals surface area (Å²) in [4.78, 5) is 16.5. The highest BCUT2D eigenvalue weighted by Crippen LogP contribution is 2.27. The molecule has 1 heterocycles. The summed E-state index contributed by atoms with van der Waals surface area (Å²) in [6, 6.07) is 6.94. The topological polar surface area (TPSA) is 78.2 Å². The number of aromatic nitrogens is 1. The molecule has 0 saturated carbocycles. The standard InChI is InChI=1S/C17H16Cl2N4O2/c1-10(2)23(15-6-12(25-3)5-4-11(15)7-20)22-17(24)16-13(18)8-21-9-14(16)19/h4-6,8-10H,1-3H3,(H,22,24). The number of carbonyl (C=O) groups excluding carboxylic acids is 1. The van der Waals surface area contributed by atoms with Crippen molar-refractivity contribution >= 4 is 34.8 Å². The molecule has 8 heteroatoms. The smallest absolute Gasteiger partial charge is 0.272 e. The van der Waals surface area contributed by atoms with E-state index in [-0.39, 0.29) is 21.7 Å². The molecule has 2 aromatic rings. The van der Waals surface area contributed by atoms with Gasteiger partial charge in [-0.3, -0.25) is 20.2 Å². The van der Waals surface area contributed by atoms with E-state index in [1.54, 1.807) is 23.2 Å². The number of halogens is 2. The molecule has 0 aliphatic heterocycles. The van der Waals surface area contributed by atoms with Gasteiger partial charge in [-0.05, 0) is 26.0 Å². The Balaban J connectivity index is 2.44. The molecule has 130 valence electrons. The van der Waals surface area contributed by atoms with E-state index in [9.17, 15) is 10.1 Å². The minimum atomic E-state index is -0.502. The number of hydrogen-bond acceptors (Lipinski definition) is 5. The van der Waals surface area contributed by atoms with Crippen LogP contribution in [-0.4, -0.2) is 24.0 Å². The van der Waals surface area contributed by atoms with Gasteiger partial charge < -0.3 is 4.74 Å². The first-order valence-corrected chi connectivity index (χ1v) is 8.12. The first-order valence-electron chi connectivity index (χ1n) is 7.36. The zero-order valence-electron chi connectivity index (χ0n) is 13.9. The molecule has 2 rings (SSSR count). The quantitative estimate of drug-likeness (QED) is 0.799. The fourth-order valence-electron chi connectivity index (χ4n) is 2.19. The summed E-state index contributed by atoms with van der Waals surface area (Å²) in [6.07, 6.45) is 2.68. The van der Waals surface area contributed by atoms with Crippen LogP contribution >= 0.6 is 23.2 Å². The molecule has 1 N–H and O–H groups in total. The van der Waals surface area contributed by atoms with Crippen LogP contribution in [0.3, 0.4) is 0 Å². The lowest BCUT2D eigenvalue weighted by atomic mass is 10.1. The van der Waals surface area contributed by atoms with Gasteiger partial charge in [0.05, 0.1) is 34.0 Å². The van der Waals surface area contributed by atoms with Crippen LogP contribution in [0.1, 0.15) is 29.8 Å². The molecule has 0 unspecified atom stereocenters. The molecular weight excluding hydrogens is 363 g/mol. The maximum absolute atomic E-state index is 12.7. The number of ether oxygens (including phenoxy) is 1. The fourth-order valence-corrected chi connectivity index (χ4v) is 2.73. The van der Waals surface area contributed by atoms with Gasteiger partial charge in [-0.2, -0.15) is 5.26 Å². The van der Waals surface area contributed by atoms with Gasteiger partial charge in [0.2, 0.25) is 0 Å². The maximum atomic E-state index is 12.7. The van der Waals surface area contributed by atoms with Crippen molar-refractivity contribution in [3.05, 3.63) is 51.8 Å². The Morgan fingerprint density at radius 2 is 1.96 bits per heavy atom. The normalized spacial score (nSPS) is 10.3. The number of benzene rings is 1. The summed E-state index contributed by atoms with van der Waals surface area (Å²) in [6.45, 7) is 3.74. The fraction of sp³-hybridized carbons (Fsp3) is 0.235. The molecule has 0 atom stereocenters. The van der Waals surface area contributed by atoms with Gasteiger partial charge in [-0.1, -0.05) is 23.2 Å². The molecule has 0 radical (unpaired) electrons. The Kier molecular flexibility index (Phi) is 6.07. The molecule has 25 heavy (non-hydrogen) atoms. The summed E-state index contributed by atoms with van der Waals surface area (Å²) in [5.74, 6) is 0.0617. The van der Waals surface area contributed by atoms with E-state index in [4.69, 9.17) is 27.9 Å². The molecule has 0 saturated heterocycles. The number of nitriles is 1. The van der Waals surface area contributed by atoms with Gasteiger partial charge >= 0.3 is 0 Å². The van der Waals surface area contributed by atoms with Crippen molar-refractivity contribution in [2.45, 2.75) is 19.9 Å². The van der Waals surface area contributed by atoms with Crippen molar-refractivity contribution in [3.8, 4) is 11.8 Å². The number of rotatable bonds is 5. The van der Waals surface area contributed by atoms with Crippen LogP contribution in [-0.2, 0) is 0 Å². The number of pyridine rings is 1. The minimum Gasteiger partial charge on any atom is -0.497 e.